The fourth-order valence-electron chi connectivity index (χ4n) is 1.08. The van der Waals surface area contributed by atoms with Crippen molar-refractivity contribution >= 4 is 43.4 Å². The van der Waals surface area contributed by atoms with Crippen molar-refractivity contribution in [2.75, 3.05) is 24.3 Å². The minimum atomic E-state index is -3.48. The molecule has 0 radical (unpaired) electrons. The lowest BCUT2D eigenvalue weighted by Gasteiger charge is -2.08. The first-order chi connectivity index (χ1) is 7.47. The molecule has 0 aliphatic carbocycles. The molecule has 0 spiro atoms. The molecule has 7 heteroatoms. The van der Waals surface area contributed by atoms with Gasteiger partial charge in [0.15, 0.2) is 0 Å². The predicted molar refractivity (Wildman–Crippen MR) is 72.1 cm³/mol. The van der Waals surface area contributed by atoms with Gasteiger partial charge in [-0.3, -0.25) is 0 Å². The van der Waals surface area contributed by atoms with E-state index in [0.717, 1.165) is 5.75 Å². The summed E-state index contributed by atoms with van der Waals surface area (Å²) >= 11 is 4.78. The largest absolute Gasteiger partial charge is 0.399 e. The predicted octanol–water partition coefficient (Wildman–Crippen LogP) is 1.67. The van der Waals surface area contributed by atoms with Crippen LogP contribution in [0, 0.1) is 0 Å². The van der Waals surface area contributed by atoms with Crippen LogP contribution >= 0.6 is 27.7 Å². The maximum atomic E-state index is 11.9. The first-order valence-corrected chi connectivity index (χ1v) is 8.18. The van der Waals surface area contributed by atoms with Crippen molar-refractivity contribution in [3.8, 4) is 0 Å². The minimum Gasteiger partial charge on any atom is -0.399 e. The van der Waals surface area contributed by atoms with Gasteiger partial charge in [-0.2, -0.15) is 11.8 Å². The summed E-state index contributed by atoms with van der Waals surface area (Å²) < 4.78 is 26.8. The van der Waals surface area contributed by atoms with Crippen molar-refractivity contribution < 1.29 is 8.42 Å². The molecule has 0 saturated heterocycles. The molecule has 1 aromatic carbocycles. The Bertz CT molecular complexity index is 463. The third-order valence-corrected chi connectivity index (χ3v) is 4.91. The van der Waals surface area contributed by atoms with Crippen molar-refractivity contribution in [1.82, 2.24) is 4.72 Å². The van der Waals surface area contributed by atoms with Crippen molar-refractivity contribution in [3.05, 3.63) is 22.7 Å². The van der Waals surface area contributed by atoms with Crippen LogP contribution in [0.5, 0.6) is 0 Å². The van der Waals surface area contributed by atoms with E-state index in [0.29, 0.717) is 16.7 Å². The zero-order valence-corrected chi connectivity index (χ0v) is 12.0. The zero-order valence-electron chi connectivity index (χ0n) is 8.73. The summed E-state index contributed by atoms with van der Waals surface area (Å²) in [7, 11) is -3.48. The fourth-order valence-corrected chi connectivity index (χ4v) is 3.55. The van der Waals surface area contributed by atoms with Crippen molar-refractivity contribution in [3.63, 3.8) is 0 Å². The maximum Gasteiger partial charge on any atom is 0.241 e. The molecule has 4 nitrogen and oxygen atoms in total. The summed E-state index contributed by atoms with van der Waals surface area (Å²) in [6, 6.07) is 4.70. The van der Waals surface area contributed by atoms with Gasteiger partial charge in [0, 0.05) is 22.5 Å². The second kappa shape index (κ2) is 5.90. The van der Waals surface area contributed by atoms with Gasteiger partial charge in [0.05, 0.1) is 4.90 Å². The van der Waals surface area contributed by atoms with E-state index in [1.807, 2.05) is 6.26 Å². The van der Waals surface area contributed by atoms with E-state index in [2.05, 4.69) is 20.7 Å². The Kier molecular flexibility index (Phi) is 5.10. The van der Waals surface area contributed by atoms with Crippen LogP contribution in [0.1, 0.15) is 0 Å². The molecule has 0 atom stereocenters. The van der Waals surface area contributed by atoms with E-state index in [4.69, 9.17) is 5.73 Å². The third kappa shape index (κ3) is 3.65. The molecule has 0 amide bonds. The van der Waals surface area contributed by atoms with Crippen LogP contribution in [0.15, 0.2) is 27.6 Å². The summed E-state index contributed by atoms with van der Waals surface area (Å²) in [6.45, 7) is 0.407. The van der Waals surface area contributed by atoms with Gasteiger partial charge in [0.2, 0.25) is 10.0 Å². The Morgan fingerprint density at radius 2 is 2.19 bits per heavy atom. The van der Waals surface area contributed by atoms with E-state index < -0.39 is 10.0 Å². The van der Waals surface area contributed by atoms with Gasteiger partial charge < -0.3 is 5.73 Å². The quantitative estimate of drug-likeness (QED) is 0.638. The molecular formula is C9H13BrN2O2S2. The van der Waals surface area contributed by atoms with Gasteiger partial charge in [-0.25, -0.2) is 13.1 Å². The number of sulfonamides is 1. The second-order valence-corrected chi connectivity index (χ2v) is 6.66. The molecule has 16 heavy (non-hydrogen) atoms. The Labute approximate surface area is 108 Å². The molecule has 1 rings (SSSR count). The van der Waals surface area contributed by atoms with E-state index in [-0.39, 0.29) is 4.90 Å². The maximum absolute atomic E-state index is 11.9. The van der Waals surface area contributed by atoms with Crippen LogP contribution in [0.3, 0.4) is 0 Å². The molecular weight excluding hydrogens is 312 g/mol. The lowest BCUT2D eigenvalue weighted by molar-refractivity contribution is 0.584. The smallest absolute Gasteiger partial charge is 0.241 e. The van der Waals surface area contributed by atoms with Gasteiger partial charge in [-0.15, -0.1) is 0 Å². The minimum absolute atomic E-state index is 0.175. The van der Waals surface area contributed by atoms with Gasteiger partial charge in [0.1, 0.15) is 0 Å². The number of halogens is 1. The number of hydrogen-bond acceptors (Lipinski definition) is 4. The number of nitrogens with one attached hydrogen (secondary N) is 1. The monoisotopic (exact) mass is 324 g/mol. The number of nitrogen functional groups attached to an aromatic ring is 1. The molecule has 0 bridgehead atoms. The standard InChI is InChI=1S/C9H13BrN2O2S2/c1-15-5-4-12-16(13,14)9-6-7(11)2-3-8(9)10/h2-3,6,12H,4-5,11H2,1H3. The zero-order chi connectivity index (χ0) is 12.2. The average molecular weight is 325 g/mol. The van der Waals surface area contributed by atoms with Crippen LogP contribution in [-0.4, -0.2) is 27.0 Å². The molecule has 0 aliphatic rings. The number of benzene rings is 1. The molecule has 0 aromatic heterocycles. The van der Waals surface area contributed by atoms with Crippen molar-refractivity contribution in [2.24, 2.45) is 0 Å². The lowest BCUT2D eigenvalue weighted by Crippen LogP contribution is -2.26. The Morgan fingerprint density at radius 3 is 2.81 bits per heavy atom. The summed E-state index contributed by atoms with van der Waals surface area (Å²) in [5, 5.41) is 0. The summed E-state index contributed by atoms with van der Waals surface area (Å²) in [5.74, 6) is 0.735. The van der Waals surface area contributed by atoms with Gasteiger partial charge >= 0.3 is 0 Å². The van der Waals surface area contributed by atoms with E-state index in [1.165, 1.54) is 6.07 Å². The summed E-state index contributed by atoms with van der Waals surface area (Å²) in [5.41, 5.74) is 5.99. The number of rotatable bonds is 5. The highest BCUT2D eigenvalue weighted by molar-refractivity contribution is 9.10. The lowest BCUT2D eigenvalue weighted by atomic mass is 10.3. The Hall–Kier alpha value is -0.240. The van der Waals surface area contributed by atoms with E-state index in [1.54, 1.807) is 23.9 Å². The Morgan fingerprint density at radius 1 is 1.50 bits per heavy atom. The number of hydrogen-bond donors (Lipinski definition) is 2. The van der Waals surface area contributed by atoms with Gasteiger partial charge in [-0.1, -0.05) is 0 Å². The highest BCUT2D eigenvalue weighted by Gasteiger charge is 2.16. The number of nitrogens with two attached hydrogens (primary N) is 1. The first-order valence-electron chi connectivity index (χ1n) is 4.51. The summed E-state index contributed by atoms with van der Waals surface area (Å²) in [4.78, 5) is 0.175. The van der Waals surface area contributed by atoms with E-state index >= 15 is 0 Å². The van der Waals surface area contributed by atoms with Crippen LogP contribution in [0.2, 0.25) is 0 Å². The highest BCUT2D eigenvalue weighted by atomic mass is 79.9. The molecule has 3 N–H and O–H groups in total. The fraction of sp³-hybridized carbons (Fsp3) is 0.333. The van der Waals surface area contributed by atoms with Gasteiger partial charge in [0.25, 0.3) is 0 Å². The van der Waals surface area contributed by atoms with Crippen LogP contribution in [0.4, 0.5) is 5.69 Å². The van der Waals surface area contributed by atoms with Gasteiger partial charge in [-0.05, 0) is 40.4 Å². The SMILES string of the molecule is CSCCNS(=O)(=O)c1cc(N)ccc1Br. The molecule has 0 saturated carbocycles. The number of thioether (sulfide) groups is 1. The molecule has 1 aromatic rings. The normalized spacial score (nSPS) is 11.6. The van der Waals surface area contributed by atoms with Crippen LogP contribution < -0.4 is 10.5 Å². The van der Waals surface area contributed by atoms with Crippen molar-refractivity contribution in [2.45, 2.75) is 4.90 Å². The Balaban J connectivity index is 2.93. The molecule has 0 aliphatic heterocycles. The molecule has 0 heterocycles. The third-order valence-electron chi connectivity index (χ3n) is 1.84. The molecule has 0 fully saturated rings. The molecule has 0 unspecified atom stereocenters. The van der Waals surface area contributed by atoms with Crippen LogP contribution in [-0.2, 0) is 10.0 Å². The first kappa shape index (κ1) is 13.8. The van der Waals surface area contributed by atoms with Crippen molar-refractivity contribution in [1.29, 1.82) is 0 Å². The highest BCUT2D eigenvalue weighted by Crippen LogP contribution is 2.23. The average Bonchev–Trinajstić information content (AvgIpc) is 2.22. The molecule has 90 valence electrons. The van der Waals surface area contributed by atoms with E-state index in [9.17, 15) is 8.42 Å². The number of anilines is 1. The van der Waals surface area contributed by atoms with Crippen LogP contribution in [0.25, 0.3) is 0 Å². The second-order valence-electron chi connectivity index (χ2n) is 3.08. The summed E-state index contributed by atoms with van der Waals surface area (Å²) in [6.07, 6.45) is 1.92. The topological polar surface area (TPSA) is 72.2 Å².